The number of pyridine rings is 1. The van der Waals surface area contributed by atoms with E-state index in [1.807, 2.05) is 19.9 Å². The SMILES string of the molecule is CCn1nc(C)cc1-c1nnc2c(Cl)cc(C(=O)O)cn12. The summed E-state index contributed by atoms with van der Waals surface area (Å²) in [6.07, 6.45) is 1.46. The first-order valence-corrected chi connectivity index (χ1v) is 6.71. The van der Waals surface area contributed by atoms with E-state index in [0.717, 1.165) is 11.4 Å². The number of carboxylic acid groups (broad SMARTS) is 1. The number of hydrogen-bond donors (Lipinski definition) is 1. The molecule has 0 saturated heterocycles. The maximum Gasteiger partial charge on any atom is 0.337 e. The molecule has 0 fully saturated rings. The topological polar surface area (TPSA) is 85.3 Å². The summed E-state index contributed by atoms with van der Waals surface area (Å²) in [6.45, 7) is 4.52. The molecule has 3 aromatic rings. The minimum absolute atomic E-state index is 0.0767. The molecule has 0 aliphatic rings. The maximum absolute atomic E-state index is 11.2. The molecular formula is C13H12ClN5O2. The summed E-state index contributed by atoms with van der Waals surface area (Å²) in [5, 5.41) is 21.9. The second kappa shape index (κ2) is 4.85. The van der Waals surface area contributed by atoms with E-state index in [9.17, 15) is 4.79 Å². The first-order chi connectivity index (χ1) is 10.0. The average Bonchev–Trinajstić information content (AvgIpc) is 3.01. The molecule has 0 aromatic carbocycles. The first-order valence-electron chi connectivity index (χ1n) is 6.33. The van der Waals surface area contributed by atoms with Gasteiger partial charge in [-0.1, -0.05) is 11.6 Å². The van der Waals surface area contributed by atoms with Gasteiger partial charge in [0.1, 0.15) is 5.69 Å². The van der Waals surface area contributed by atoms with Gasteiger partial charge in [0.2, 0.25) is 0 Å². The van der Waals surface area contributed by atoms with E-state index in [1.54, 1.807) is 9.08 Å². The molecule has 1 N–H and O–H groups in total. The van der Waals surface area contributed by atoms with Crippen LogP contribution in [0.2, 0.25) is 5.02 Å². The monoisotopic (exact) mass is 305 g/mol. The molecule has 8 heteroatoms. The van der Waals surface area contributed by atoms with Crippen LogP contribution in [0, 0.1) is 6.92 Å². The number of rotatable bonds is 3. The Kier molecular flexibility index (Phi) is 3.13. The molecule has 0 amide bonds. The molecule has 108 valence electrons. The highest BCUT2D eigenvalue weighted by atomic mass is 35.5. The summed E-state index contributed by atoms with van der Waals surface area (Å²) >= 11 is 6.08. The smallest absolute Gasteiger partial charge is 0.337 e. The standard InChI is InChI=1S/C13H12ClN5O2/c1-3-19-10(4-7(2)17-19)12-16-15-11-9(14)5-8(13(20)21)6-18(11)12/h4-6H,3H2,1-2H3,(H,20,21). The predicted octanol–water partition coefficient (Wildman–Crippen LogP) is 2.27. The minimum Gasteiger partial charge on any atom is -0.478 e. The molecule has 0 bridgehead atoms. The molecule has 0 aliphatic carbocycles. The van der Waals surface area contributed by atoms with Gasteiger partial charge in [-0.2, -0.15) is 5.10 Å². The van der Waals surface area contributed by atoms with Crippen molar-refractivity contribution in [3.8, 4) is 11.5 Å². The summed E-state index contributed by atoms with van der Waals surface area (Å²) in [7, 11) is 0. The van der Waals surface area contributed by atoms with Gasteiger partial charge < -0.3 is 5.11 Å². The lowest BCUT2D eigenvalue weighted by molar-refractivity contribution is 0.0696. The second-order valence-electron chi connectivity index (χ2n) is 4.59. The van der Waals surface area contributed by atoms with Crippen LogP contribution in [0.25, 0.3) is 17.2 Å². The van der Waals surface area contributed by atoms with Crippen LogP contribution < -0.4 is 0 Å². The molecule has 21 heavy (non-hydrogen) atoms. The molecule has 0 unspecified atom stereocenters. The van der Waals surface area contributed by atoms with Crippen molar-refractivity contribution >= 4 is 23.2 Å². The van der Waals surface area contributed by atoms with Crippen molar-refractivity contribution in [2.75, 3.05) is 0 Å². The van der Waals surface area contributed by atoms with Crippen molar-refractivity contribution in [1.29, 1.82) is 0 Å². The summed E-state index contributed by atoms with van der Waals surface area (Å²) in [5.74, 6) is -0.545. The Labute approximate surface area is 124 Å². The van der Waals surface area contributed by atoms with Gasteiger partial charge in [-0.15, -0.1) is 10.2 Å². The number of carboxylic acids is 1. The highest BCUT2D eigenvalue weighted by molar-refractivity contribution is 6.33. The number of aromatic nitrogens is 5. The number of nitrogens with zero attached hydrogens (tertiary/aromatic N) is 5. The number of fused-ring (bicyclic) bond motifs is 1. The van der Waals surface area contributed by atoms with E-state index in [2.05, 4.69) is 15.3 Å². The summed E-state index contributed by atoms with van der Waals surface area (Å²) in [5.41, 5.74) is 2.11. The molecule has 0 atom stereocenters. The quantitative estimate of drug-likeness (QED) is 0.802. The third kappa shape index (κ3) is 2.15. The lowest BCUT2D eigenvalue weighted by atomic mass is 10.3. The van der Waals surface area contributed by atoms with Crippen molar-refractivity contribution in [2.24, 2.45) is 0 Å². The zero-order valence-electron chi connectivity index (χ0n) is 11.4. The normalized spacial score (nSPS) is 11.2. The number of aryl methyl sites for hydroxylation is 2. The Morgan fingerprint density at radius 2 is 2.14 bits per heavy atom. The fourth-order valence-electron chi connectivity index (χ4n) is 2.21. The molecule has 3 aromatic heterocycles. The van der Waals surface area contributed by atoms with Crippen molar-refractivity contribution in [3.05, 3.63) is 34.6 Å². The third-order valence-electron chi connectivity index (χ3n) is 3.14. The number of aromatic carboxylic acids is 1. The van der Waals surface area contributed by atoms with Crippen molar-refractivity contribution in [3.63, 3.8) is 0 Å². The lowest BCUT2D eigenvalue weighted by Gasteiger charge is -2.04. The fraction of sp³-hybridized carbons (Fsp3) is 0.231. The summed E-state index contributed by atoms with van der Waals surface area (Å²) in [6, 6.07) is 3.24. The zero-order valence-corrected chi connectivity index (χ0v) is 12.2. The Balaban J connectivity index is 2.30. The van der Waals surface area contributed by atoms with Crippen LogP contribution in [0.4, 0.5) is 0 Å². The highest BCUT2D eigenvalue weighted by Crippen LogP contribution is 2.24. The fourth-order valence-corrected chi connectivity index (χ4v) is 2.46. The van der Waals surface area contributed by atoms with E-state index in [0.29, 0.717) is 18.0 Å². The van der Waals surface area contributed by atoms with Gasteiger partial charge in [-0.3, -0.25) is 9.08 Å². The van der Waals surface area contributed by atoms with E-state index in [4.69, 9.17) is 16.7 Å². The van der Waals surface area contributed by atoms with Gasteiger partial charge in [0, 0.05) is 12.7 Å². The van der Waals surface area contributed by atoms with Gasteiger partial charge in [-0.05, 0) is 26.0 Å². The van der Waals surface area contributed by atoms with E-state index >= 15 is 0 Å². The van der Waals surface area contributed by atoms with Crippen LogP contribution in [0.5, 0.6) is 0 Å². The van der Waals surface area contributed by atoms with Gasteiger partial charge in [0.15, 0.2) is 11.5 Å². The van der Waals surface area contributed by atoms with Crippen molar-refractivity contribution in [1.82, 2.24) is 24.4 Å². The number of hydrogen-bond acceptors (Lipinski definition) is 4. The molecule has 0 radical (unpaired) electrons. The second-order valence-corrected chi connectivity index (χ2v) is 4.99. The predicted molar refractivity (Wildman–Crippen MR) is 76.6 cm³/mol. The van der Waals surface area contributed by atoms with Gasteiger partial charge in [-0.25, -0.2) is 4.79 Å². The molecular weight excluding hydrogens is 294 g/mol. The lowest BCUT2D eigenvalue weighted by Crippen LogP contribution is -2.04. The Hall–Kier alpha value is -2.41. The van der Waals surface area contributed by atoms with E-state index < -0.39 is 5.97 Å². The van der Waals surface area contributed by atoms with Crippen LogP contribution in [-0.4, -0.2) is 35.5 Å². The van der Waals surface area contributed by atoms with E-state index in [-0.39, 0.29) is 10.6 Å². The zero-order chi connectivity index (χ0) is 15.1. The number of halogens is 1. The summed E-state index contributed by atoms with van der Waals surface area (Å²) < 4.78 is 3.36. The summed E-state index contributed by atoms with van der Waals surface area (Å²) in [4.78, 5) is 11.2. The molecule has 0 spiro atoms. The van der Waals surface area contributed by atoms with Gasteiger partial charge >= 0.3 is 5.97 Å². The van der Waals surface area contributed by atoms with Crippen molar-refractivity contribution < 1.29 is 9.90 Å². The van der Waals surface area contributed by atoms with Gasteiger partial charge in [0.05, 0.1) is 16.3 Å². The molecule has 7 nitrogen and oxygen atoms in total. The number of carbonyl (C=O) groups is 1. The molecule has 0 aliphatic heterocycles. The first kappa shape index (κ1) is 13.6. The van der Waals surface area contributed by atoms with Crippen LogP contribution in [0.15, 0.2) is 18.3 Å². The Bertz CT molecular complexity index is 852. The van der Waals surface area contributed by atoms with Gasteiger partial charge in [0.25, 0.3) is 0 Å². The van der Waals surface area contributed by atoms with Crippen LogP contribution in [0.1, 0.15) is 23.0 Å². The maximum atomic E-state index is 11.2. The largest absolute Gasteiger partial charge is 0.478 e. The molecule has 0 saturated carbocycles. The molecule has 3 rings (SSSR count). The minimum atomic E-state index is -1.06. The highest BCUT2D eigenvalue weighted by Gasteiger charge is 2.17. The molecule has 3 heterocycles. The van der Waals surface area contributed by atoms with E-state index in [1.165, 1.54) is 12.3 Å². The third-order valence-corrected chi connectivity index (χ3v) is 3.42. The Morgan fingerprint density at radius 3 is 2.81 bits per heavy atom. The van der Waals surface area contributed by atoms with Crippen molar-refractivity contribution in [2.45, 2.75) is 20.4 Å². The Morgan fingerprint density at radius 1 is 1.38 bits per heavy atom. The van der Waals surface area contributed by atoms with Crippen LogP contribution in [-0.2, 0) is 6.54 Å². The van der Waals surface area contributed by atoms with Crippen LogP contribution >= 0.6 is 11.6 Å². The average molecular weight is 306 g/mol. The van der Waals surface area contributed by atoms with Crippen LogP contribution in [0.3, 0.4) is 0 Å².